The van der Waals surface area contributed by atoms with Crippen molar-refractivity contribution < 1.29 is 4.42 Å². The zero-order chi connectivity index (χ0) is 34.6. The fraction of sp³-hybridized carbons (Fsp3) is 0. The lowest BCUT2D eigenvalue weighted by molar-refractivity contribution is 0.669. The number of hydrogen-bond acceptors (Lipinski definition) is 3. The molecule has 12 aromatic rings. The molecule has 5 nitrogen and oxygen atoms in total. The summed E-state index contributed by atoms with van der Waals surface area (Å²) in [7, 11) is 0. The van der Waals surface area contributed by atoms with Gasteiger partial charge in [0.05, 0.1) is 39.0 Å². The standard InChI is InChI=1S/C48H28N4O/c1-2-14-30(15-3-1)46-32-18-6-9-21-36(32)49-48(50-46)52-39-27-28-42-45(34-20-8-11-24-41(34)53-42)43(39)35-25-26-40-44(47(35)52)33-19-7-10-22-38(33)51(40)37-23-12-16-29-13-4-5-17-31(29)37/h1-28H. The summed E-state index contributed by atoms with van der Waals surface area (Å²) in [5.41, 5.74) is 10.1. The van der Waals surface area contributed by atoms with Gasteiger partial charge in [-0.2, -0.15) is 0 Å². The van der Waals surface area contributed by atoms with Crippen LogP contribution in [0.2, 0.25) is 0 Å². The molecule has 0 N–H and O–H groups in total. The summed E-state index contributed by atoms with van der Waals surface area (Å²) < 4.78 is 11.2. The zero-order valence-electron chi connectivity index (χ0n) is 28.4. The number of para-hydroxylation sites is 3. The second kappa shape index (κ2) is 10.6. The van der Waals surface area contributed by atoms with Gasteiger partial charge in [-0.15, -0.1) is 0 Å². The summed E-state index contributed by atoms with van der Waals surface area (Å²) in [6.45, 7) is 0. The molecule has 0 aliphatic heterocycles. The van der Waals surface area contributed by atoms with Crippen LogP contribution in [0.15, 0.2) is 174 Å². The maximum absolute atomic E-state index is 6.47. The molecule has 0 aliphatic carbocycles. The molecule has 0 amide bonds. The second-order valence-electron chi connectivity index (χ2n) is 13.7. The number of fused-ring (bicyclic) bond motifs is 13. The van der Waals surface area contributed by atoms with Gasteiger partial charge in [0.15, 0.2) is 0 Å². The van der Waals surface area contributed by atoms with E-state index in [0.29, 0.717) is 5.95 Å². The van der Waals surface area contributed by atoms with Crippen molar-refractivity contribution in [1.82, 2.24) is 19.1 Å². The molecular weight excluding hydrogens is 649 g/mol. The van der Waals surface area contributed by atoms with E-state index in [1.165, 1.54) is 16.2 Å². The zero-order valence-corrected chi connectivity index (χ0v) is 28.4. The lowest BCUT2D eigenvalue weighted by Gasteiger charge is -2.13. The molecule has 8 aromatic carbocycles. The molecule has 4 heterocycles. The van der Waals surface area contributed by atoms with Crippen molar-refractivity contribution >= 4 is 87.2 Å². The third-order valence-electron chi connectivity index (χ3n) is 10.9. The van der Waals surface area contributed by atoms with Crippen LogP contribution in [0.1, 0.15) is 0 Å². The van der Waals surface area contributed by atoms with E-state index in [0.717, 1.165) is 88.0 Å². The summed E-state index contributed by atoms with van der Waals surface area (Å²) >= 11 is 0. The van der Waals surface area contributed by atoms with E-state index < -0.39 is 0 Å². The Balaban J connectivity index is 1.32. The van der Waals surface area contributed by atoms with Gasteiger partial charge in [-0.1, -0.05) is 127 Å². The Kier molecular flexibility index (Phi) is 5.71. The van der Waals surface area contributed by atoms with E-state index in [1.54, 1.807) is 0 Å². The van der Waals surface area contributed by atoms with Gasteiger partial charge in [0.1, 0.15) is 11.2 Å². The quantitative estimate of drug-likeness (QED) is 0.187. The van der Waals surface area contributed by atoms with E-state index in [9.17, 15) is 0 Å². The minimum absolute atomic E-state index is 0.629. The molecule has 53 heavy (non-hydrogen) atoms. The van der Waals surface area contributed by atoms with Crippen molar-refractivity contribution in [3.63, 3.8) is 0 Å². The van der Waals surface area contributed by atoms with Gasteiger partial charge in [0.2, 0.25) is 5.95 Å². The first-order valence-electron chi connectivity index (χ1n) is 17.9. The van der Waals surface area contributed by atoms with Crippen molar-refractivity contribution in [1.29, 1.82) is 0 Å². The van der Waals surface area contributed by atoms with Crippen molar-refractivity contribution in [2.24, 2.45) is 0 Å². The average Bonchev–Trinajstić information content (AvgIpc) is 3.88. The Labute approximate surface area is 302 Å². The topological polar surface area (TPSA) is 48.8 Å². The lowest BCUT2D eigenvalue weighted by Crippen LogP contribution is -2.03. The average molecular weight is 677 g/mol. The first-order chi connectivity index (χ1) is 26.3. The minimum atomic E-state index is 0.629. The maximum Gasteiger partial charge on any atom is 0.235 e. The van der Waals surface area contributed by atoms with Crippen LogP contribution >= 0.6 is 0 Å². The van der Waals surface area contributed by atoms with Crippen LogP contribution in [0.25, 0.3) is 110 Å². The van der Waals surface area contributed by atoms with Crippen molar-refractivity contribution in [3.05, 3.63) is 170 Å². The van der Waals surface area contributed by atoms with Crippen LogP contribution in [0.3, 0.4) is 0 Å². The number of hydrogen-bond donors (Lipinski definition) is 0. The van der Waals surface area contributed by atoms with Gasteiger partial charge in [0, 0.05) is 48.7 Å². The van der Waals surface area contributed by atoms with Gasteiger partial charge in [-0.05, 0) is 47.9 Å². The molecule has 0 aliphatic rings. The van der Waals surface area contributed by atoms with Crippen molar-refractivity contribution in [2.45, 2.75) is 0 Å². The molecule has 4 aromatic heterocycles. The van der Waals surface area contributed by atoms with Gasteiger partial charge >= 0.3 is 0 Å². The predicted molar refractivity (Wildman–Crippen MR) is 218 cm³/mol. The number of furan rings is 1. The molecule has 0 fully saturated rings. The molecule has 0 bridgehead atoms. The Morgan fingerprint density at radius 2 is 1.09 bits per heavy atom. The molecule has 0 saturated carbocycles. The number of aromatic nitrogens is 4. The molecule has 246 valence electrons. The highest BCUT2D eigenvalue weighted by Gasteiger charge is 2.25. The Morgan fingerprint density at radius 1 is 0.396 bits per heavy atom. The van der Waals surface area contributed by atoms with E-state index >= 15 is 0 Å². The van der Waals surface area contributed by atoms with Crippen molar-refractivity contribution in [3.8, 4) is 22.9 Å². The predicted octanol–water partition coefficient (Wildman–Crippen LogP) is 12.5. The normalized spacial score (nSPS) is 12.2. The third-order valence-corrected chi connectivity index (χ3v) is 10.9. The number of benzene rings is 8. The van der Waals surface area contributed by atoms with Gasteiger partial charge in [-0.25, -0.2) is 9.97 Å². The van der Waals surface area contributed by atoms with Crippen molar-refractivity contribution in [2.75, 3.05) is 0 Å². The Morgan fingerprint density at radius 3 is 2.00 bits per heavy atom. The molecule has 0 saturated heterocycles. The molecular formula is C48H28N4O. The summed E-state index contributed by atoms with van der Waals surface area (Å²) in [4.78, 5) is 10.8. The van der Waals surface area contributed by atoms with Gasteiger partial charge in [-0.3, -0.25) is 4.57 Å². The monoisotopic (exact) mass is 676 g/mol. The van der Waals surface area contributed by atoms with E-state index in [1.807, 2.05) is 12.1 Å². The Bertz CT molecular complexity index is 3450. The fourth-order valence-electron chi connectivity index (χ4n) is 8.71. The van der Waals surface area contributed by atoms with Crippen LogP contribution in [0, 0.1) is 0 Å². The van der Waals surface area contributed by atoms with Gasteiger partial charge < -0.3 is 8.98 Å². The minimum Gasteiger partial charge on any atom is -0.456 e. The van der Waals surface area contributed by atoms with E-state index in [2.05, 4.69) is 167 Å². The summed E-state index contributed by atoms with van der Waals surface area (Å²) in [6, 6.07) is 59.9. The highest BCUT2D eigenvalue weighted by atomic mass is 16.3. The maximum atomic E-state index is 6.47. The van der Waals surface area contributed by atoms with Crippen LogP contribution in [-0.4, -0.2) is 19.1 Å². The second-order valence-corrected chi connectivity index (χ2v) is 13.7. The summed E-state index contributed by atoms with van der Waals surface area (Å²) in [5.74, 6) is 0.629. The smallest absolute Gasteiger partial charge is 0.235 e. The molecule has 0 radical (unpaired) electrons. The highest BCUT2D eigenvalue weighted by Crippen LogP contribution is 2.46. The molecule has 0 atom stereocenters. The Hall–Kier alpha value is -7.24. The lowest BCUT2D eigenvalue weighted by atomic mass is 10.0. The molecule has 0 spiro atoms. The van der Waals surface area contributed by atoms with Crippen LogP contribution in [0.4, 0.5) is 0 Å². The highest BCUT2D eigenvalue weighted by molar-refractivity contribution is 6.33. The van der Waals surface area contributed by atoms with E-state index in [-0.39, 0.29) is 0 Å². The molecule has 0 unspecified atom stereocenters. The summed E-state index contributed by atoms with van der Waals surface area (Å²) in [5, 5.41) is 10.2. The number of nitrogens with zero attached hydrogens (tertiary/aromatic N) is 4. The first-order valence-corrected chi connectivity index (χ1v) is 17.9. The SMILES string of the molecule is c1ccc(-c2nc(-n3c4ccc5oc6ccccc6c5c4c4ccc5c(c6ccccc6n5-c5cccc6ccccc56)c43)nc3ccccc23)cc1. The molecule has 5 heteroatoms. The van der Waals surface area contributed by atoms with Gasteiger partial charge in [0.25, 0.3) is 0 Å². The largest absolute Gasteiger partial charge is 0.456 e. The molecule has 12 rings (SSSR count). The van der Waals surface area contributed by atoms with Crippen LogP contribution in [-0.2, 0) is 0 Å². The number of rotatable bonds is 3. The fourth-order valence-corrected chi connectivity index (χ4v) is 8.71. The first kappa shape index (κ1) is 28.5. The van der Waals surface area contributed by atoms with Crippen LogP contribution in [0.5, 0.6) is 0 Å². The third kappa shape index (κ3) is 3.91. The van der Waals surface area contributed by atoms with Crippen LogP contribution < -0.4 is 0 Å². The van der Waals surface area contributed by atoms with E-state index in [4.69, 9.17) is 14.4 Å². The summed E-state index contributed by atoms with van der Waals surface area (Å²) in [6.07, 6.45) is 0.